The molecule has 7 heteroatoms. The van der Waals surface area contributed by atoms with Crippen LogP contribution in [0.4, 0.5) is 0 Å². The second-order valence-corrected chi connectivity index (χ2v) is 8.94. The van der Waals surface area contributed by atoms with Crippen molar-refractivity contribution in [3.8, 4) is 11.5 Å². The number of para-hydroxylation sites is 2. The summed E-state index contributed by atoms with van der Waals surface area (Å²) < 4.78 is 25.6. The van der Waals surface area contributed by atoms with Crippen molar-refractivity contribution in [1.82, 2.24) is 0 Å². The average molecular weight is 389 g/mol. The molecule has 0 heterocycles. The number of benzene rings is 2. The fourth-order valence-corrected chi connectivity index (χ4v) is 5.88. The minimum absolute atomic E-state index is 0.0533. The third-order valence-corrected chi connectivity index (χ3v) is 7.22. The van der Waals surface area contributed by atoms with E-state index in [0.29, 0.717) is 11.5 Å². The molecule has 144 valence electrons. The average Bonchev–Trinajstić information content (AvgIpc) is 2.68. The summed E-state index contributed by atoms with van der Waals surface area (Å²) in [6.45, 7) is -0.429. The van der Waals surface area contributed by atoms with Crippen LogP contribution in [-0.2, 0) is 4.57 Å². The van der Waals surface area contributed by atoms with Gasteiger partial charge in [0.25, 0.3) is 0 Å². The van der Waals surface area contributed by atoms with Gasteiger partial charge in [0.05, 0.1) is 0 Å². The minimum Gasteiger partial charge on any atom is -0.416 e. The van der Waals surface area contributed by atoms with Crippen molar-refractivity contribution in [1.29, 1.82) is 0 Å². The van der Waals surface area contributed by atoms with Crippen LogP contribution < -0.4 is 9.05 Å². The molecule has 1 aliphatic carbocycles. The van der Waals surface area contributed by atoms with Crippen LogP contribution in [-0.4, -0.2) is 17.1 Å². The number of hydrogen-bond donors (Lipinski definition) is 0. The lowest BCUT2D eigenvalue weighted by Gasteiger charge is -2.32. The van der Waals surface area contributed by atoms with Gasteiger partial charge < -0.3 is 9.05 Å². The maximum absolute atomic E-state index is 13.9. The molecule has 3 rings (SSSR count). The van der Waals surface area contributed by atoms with E-state index in [0.717, 1.165) is 32.1 Å². The first-order valence-electron chi connectivity index (χ1n) is 9.27. The smallest absolute Gasteiger partial charge is 0.416 e. The Morgan fingerprint density at radius 2 is 1.41 bits per heavy atom. The highest BCUT2D eigenvalue weighted by atomic mass is 31.2. The predicted octanol–water partition coefficient (Wildman–Crippen LogP) is 5.56. The summed E-state index contributed by atoms with van der Waals surface area (Å²) in [5.41, 5.74) is -0.784. The molecule has 2 aromatic carbocycles. The molecule has 27 heavy (non-hydrogen) atoms. The summed E-state index contributed by atoms with van der Waals surface area (Å²) in [6.07, 6.45) is 4.67. The first-order valence-corrected chi connectivity index (χ1v) is 10.9. The van der Waals surface area contributed by atoms with Crippen LogP contribution in [0.1, 0.15) is 32.1 Å². The van der Waals surface area contributed by atoms with Crippen molar-refractivity contribution in [3.05, 3.63) is 70.8 Å². The molecule has 1 atom stereocenters. The molecule has 1 fully saturated rings. The van der Waals surface area contributed by atoms with E-state index in [1.54, 1.807) is 48.5 Å². The van der Waals surface area contributed by atoms with E-state index in [2.05, 4.69) is 0 Å². The largest absolute Gasteiger partial charge is 0.440 e. The molecular weight excluding hydrogens is 365 g/mol. The molecule has 0 aliphatic heterocycles. The Balaban J connectivity index is 1.96. The Hall–Kier alpha value is -2.33. The van der Waals surface area contributed by atoms with Gasteiger partial charge in [-0.2, -0.15) is 0 Å². The molecule has 0 radical (unpaired) electrons. The van der Waals surface area contributed by atoms with E-state index in [4.69, 9.17) is 9.05 Å². The maximum atomic E-state index is 13.9. The topological polar surface area (TPSA) is 78.7 Å². The molecule has 0 spiro atoms. The van der Waals surface area contributed by atoms with E-state index in [1.807, 2.05) is 12.1 Å². The van der Waals surface area contributed by atoms with Gasteiger partial charge >= 0.3 is 7.60 Å². The Kier molecular flexibility index (Phi) is 6.51. The summed E-state index contributed by atoms with van der Waals surface area (Å²) in [5.74, 6) is 0.726. The van der Waals surface area contributed by atoms with Crippen molar-refractivity contribution in [2.45, 2.75) is 37.8 Å². The molecule has 0 amide bonds. The van der Waals surface area contributed by atoms with Crippen LogP contribution in [0, 0.1) is 16.0 Å². The van der Waals surface area contributed by atoms with E-state index in [9.17, 15) is 14.7 Å². The second kappa shape index (κ2) is 9.05. The highest BCUT2D eigenvalue weighted by Crippen LogP contribution is 2.57. The molecule has 6 nitrogen and oxygen atoms in total. The molecule has 0 N–H and O–H groups in total. The normalized spacial score (nSPS) is 16.4. The molecule has 1 aliphatic rings. The SMILES string of the molecule is O=[N+]([O-])CC(C1CCCCC1)P(=O)(Oc1ccccc1)Oc1ccccc1. The van der Waals surface area contributed by atoms with Gasteiger partial charge in [0, 0.05) is 4.92 Å². The third kappa shape index (κ3) is 5.33. The van der Waals surface area contributed by atoms with Crippen molar-refractivity contribution < 1.29 is 18.5 Å². The van der Waals surface area contributed by atoms with Crippen LogP contribution in [0.2, 0.25) is 0 Å². The van der Waals surface area contributed by atoms with Crippen LogP contribution in [0.5, 0.6) is 11.5 Å². The van der Waals surface area contributed by atoms with Crippen molar-refractivity contribution in [3.63, 3.8) is 0 Å². The van der Waals surface area contributed by atoms with E-state index in [1.165, 1.54) is 0 Å². The fourth-order valence-electron chi connectivity index (χ4n) is 3.59. The lowest BCUT2D eigenvalue weighted by Crippen LogP contribution is -2.33. The van der Waals surface area contributed by atoms with Gasteiger partial charge in [-0.25, -0.2) is 4.57 Å². The molecule has 0 saturated heterocycles. The predicted molar refractivity (Wildman–Crippen MR) is 104 cm³/mol. The maximum Gasteiger partial charge on any atom is 0.440 e. The second-order valence-electron chi connectivity index (χ2n) is 6.83. The van der Waals surface area contributed by atoms with Gasteiger partial charge in [-0.1, -0.05) is 55.7 Å². The Bertz CT molecular complexity index is 732. The Labute approximate surface area is 159 Å². The zero-order valence-electron chi connectivity index (χ0n) is 15.1. The van der Waals surface area contributed by atoms with Gasteiger partial charge in [0.2, 0.25) is 6.54 Å². The molecule has 1 unspecified atom stereocenters. The Morgan fingerprint density at radius 1 is 0.926 bits per heavy atom. The highest BCUT2D eigenvalue weighted by molar-refractivity contribution is 7.55. The zero-order chi connectivity index (χ0) is 19.1. The third-order valence-electron chi connectivity index (χ3n) is 4.89. The fraction of sp³-hybridized carbons (Fsp3) is 0.400. The molecule has 0 bridgehead atoms. The summed E-state index contributed by atoms with van der Waals surface area (Å²) in [4.78, 5) is 11.0. The first kappa shape index (κ1) is 19.4. The first-order chi connectivity index (χ1) is 13.1. The highest BCUT2D eigenvalue weighted by Gasteiger charge is 2.47. The van der Waals surface area contributed by atoms with E-state index in [-0.39, 0.29) is 5.92 Å². The van der Waals surface area contributed by atoms with E-state index >= 15 is 0 Å². The summed E-state index contributed by atoms with van der Waals surface area (Å²) in [7, 11) is -3.84. The summed E-state index contributed by atoms with van der Waals surface area (Å²) in [6, 6.07) is 17.5. The van der Waals surface area contributed by atoms with Gasteiger partial charge in [-0.3, -0.25) is 10.1 Å². The standard InChI is InChI=1S/C20H24NO5P/c22-21(23)16-20(17-10-4-1-5-11-17)27(24,25-18-12-6-2-7-13-18)26-19-14-8-3-9-15-19/h2-3,6-9,12-15,17,20H,1,4-5,10-11,16H2. The monoisotopic (exact) mass is 389 g/mol. The van der Waals surface area contributed by atoms with Crippen LogP contribution in [0.3, 0.4) is 0 Å². The van der Waals surface area contributed by atoms with Gasteiger partial charge in [-0.05, 0) is 43.0 Å². The van der Waals surface area contributed by atoms with Crippen molar-refractivity contribution in [2.75, 3.05) is 6.54 Å². The molecule has 0 aromatic heterocycles. The Morgan fingerprint density at radius 3 is 1.85 bits per heavy atom. The van der Waals surface area contributed by atoms with Gasteiger partial charge in [0.1, 0.15) is 11.5 Å². The van der Waals surface area contributed by atoms with Gasteiger partial charge in [0.15, 0.2) is 5.66 Å². The minimum atomic E-state index is -3.84. The lowest BCUT2D eigenvalue weighted by atomic mass is 9.87. The van der Waals surface area contributed by atoms with Crippen molar-refractivity contribution >= 4 is 7.60 Å². The van der Waals surface area contributed by atoms with Crippen LogP contribution >= 0.6 is 7.60 Å². The molecular formula is C20H24NO5P. The number of rotatable bonds is 8. The summed E-state index contributed by atoms with van der Waals surface area (Å²) >= 11 is 0. The quantitative estimate of drug-likeness (QED) is 0.335. The van der Waals surface area contributed by atoms with E-state index < -0.39 is 24.7 Å². The molecule has 2 aromatic rings. The van der Waals surface area contributed by atoms with Crippen molar-refractivity contribution in [2.24, 2.45) is 5.92 Å². The van der Waals surface area contributed by atoms with Crippen LogP contribution in [0.25, 0.3) is 0 Å². The van der Waals surface area contributed by atoms with Gasteiger partial charge in [-0.15, -0.1) is 0 Å². The lowest BCUT2D eigenvalue weighted by molar-refractivity contribution is -0.481. The summed E-state index contributed by atoms with van der Waals surface area (Å²) in [5, 5.41) is 11.4. The zero-order valence-corrected chi connectivity index (χ0v) is 16.0. The number of nitro groups is 1. The number of nitrogens with zero attached hydrogens (tertiary/aromatic N) is 1. The molecule has 1 saturated carbocycles. The van der Waals surface area contributed by atoms with Crippen LogP contribution in [0.15, 0.2) is 60.7 Å². The number of hydrogen-bond acceptors (Lipinski definition) is 5.